The minimum Gasteiger partial charge on any atom is -0.386 e. The van der Waals surface area contributed by atoms with Crippen LogP contribution >= 0.6 is 22.9 Å². The molecule has 0 saturated heterocycles. The number of guanidine groups is 1. The van der Waals surface area contributed by atoms with Crippen molar-refractivity contribution in [1.29, 1.82) is 0 Å². The number of H-pyrrole nitrogens is 1. The molecule has 0 fully saturated rings. The molecule has 0 spiro atoms. The van der Waals surface area contributed by atoms with Crippen LogP contribution in [0.3, 0.4) is 0 Å². The highest BCUT2D eigenvalue weighted by molar-refractivity contribution is 7.16. The maximum absolute atomic E-state index is 10.2. The molecular weight excluding hydrogens is 370 g/mol. The first-order chi connectivity index (χ1) is 12.7. The highest BCUT2D eigenvalue weighted by Gasteiger charge is 2.10. The normalized spacial score (nSPS) is 13.1. The number of aromatic amines is 1. The number of imidazole rings is 1. The number of halogens is 1. The number of aliphatic imine (C=N–C) groups is 1. The largest absolute Gasteiger partial charge is 0.386 e. The van der Waals surface area contributed by atoms with Gasteiger partial charge in [-0.2, -0.15) is 0 Å². The fourth-order valence-corrected chi connectivity index (χ4v) is 3.58. The Balaban J connectivity index is 1.53. The fraction of sp³-hybridized carbons (Fsp3) is 0.333. The summed E-state index contributed by atoms with van der Waals surface area (Å²) in [6.45, 7) is 3.71. The number of nitrogens with one attached hydrogen (secondary N) is 3. The second kappa shape index (κ2) is 9.02. The van der Waals surface area contributed by atoms with E-state index in [0.717, 1.165) is 34.7 Å². The number of benzene rings is 1. The van der Waals surface area contributed by atoms with Crippen molar-refractivity contribution in [3.63, 3.8) is 0 Å². The van der Waals surface area contributed by atoms with Crippen LogP contribution in [0.5, 0.6) is 0 Å². The number of rotatable bonds is 7. The van der Waals surface area contributed by atoms with E-state index in [4.69, 9.17) is 11.6 Å². The zero-order chi connectivity index (χ0) is 18.4. The van der Waals surface area contributed by atoms with E-state index in [-0.39, 0.29) is 6.54 Å². The highest BCUT2D eigenvalue weighted by Crippen LogP contribution is 2.26. The topological polar surface area (TPSA) is 85.3 Å². The van der Waals surface area contributed by atoms with Gasteiger partial charge in [0.05, 0.1) is 21.9 Å². The van der Waals surface area contributed by atoms with Crippen LogP contribution in [0.2, 0.25) is 4.34 Å². The van der Waals surface area contributed by atoms with Crippen LogP contribution in [0.25, 0.3) is 11.0 Å². The molecule has 1 atom stereocenters. The number of nitrogens with zero attached hydrogens (tertiary/aromatic N) is 2. The van der Waals surface area contributed by atoms with Gasteiger partial charge in [0, 0.05) is 24.4 Å². The van der Waals surface area contributed by atoms with Crippen molar-refractivity contribution < 1.29 is 5.11 Å². The number of aromatic nitrogens is 2. The van der Waals surface area contributed by atoms with Crippen LogP contribution in [-0.4, -0.2) is 40.7 Å². The molecule has 6 nitrogen and oxygen atoms in total. The average molecular weight is 392 g/mol. The van der Waals surface area contributed by atoms with Crippen molar-refractivity contribution in [3.8, 4) is 0 Å². The number of para-hydroxylation sites is 2. The molecule has 8 heteroatoms. The van der Waals surface area contributed by atoms with E-state index in [1.807, 2.05) is 37.3 Å². The number of aliphatic hydroxyl groups excluding tert-OH is 1. The van der Waals surface area contributed by atoms with Gasteiger partial charge in [-0.1, -0.05) is 23.7 Å². The Morgan fingerprint density at radius 2 is 2.15 bits per heavy atom. The van der Waals surface area contributed by atoms with Crippen LogP contribution < -0.4 is 10.6 Å². The van der Waals surface area contributed by atoms with Gasteiger partial charge >= 0.3 is 0 Å². The summed E-state index contributed by atoms with van der Waals surface area (Å²) in [6.07, 6.45) is 0.0978. The van der Waals surface area contributed by atoms with Crippen molar-refractivity contribution in [2.45, 2.75) is 19.4 Å². The monoisotopic (exact) mass is 391 g/mol. The second-order valence-electron chi connectivity index (χ2n) is 5.75. The quantitative estimate of drug-likeness (QED) is 0.368. The van der Waals surface area contributed by atoms with Gasteiger partial charge in [-0.15, -0.1) is 11.3 Å². The van der Waals surface area contributed by atoms with Crippen LogP contribution in [0.1, 0.15) is 23.7 Å². The Bertz CT molecular complexity index is 842. The van der Waals surface area contributed by atoms with Crippen LogP contribution in [-0.2, 0) is 6.42 Å². The molecule has 4 N–H and O–H groups in total. The Hall–Kier alpha value is -2.09. The third-order valence-electron chi connectivity index (χ3n) is 3.78. The van der Waals surface area contributed by atoms with E-state index < -0.39 is 6.10 Å². The van der Waals surface area contributed by atoms with Crippen molar-refractivity contribution in [3.05, 3.63) is 51.4 Å². The molecule has 1 aromatic carbocycles. The predicted octanol–water partition coefficient (Wildman–Crippen LogP) is 3.11. The highest BCUT2D eigenvalue weighted by atomic mass is 35.5. The molecule has 0 bridgehead atoms. The molecule has 26 heavy (non-hydrogen) atoms. The lowest BCUT2D eigenvalue weighted by molar-refractivity contribution is 0.191. The molecule has 0 saturated carbocycles. The molecule has 0 aliphatic heterocycles. The van der Waals surface area contributed by atoms with Crippen molar-refractivity contribution in [1.82, 2.24) is 20.6 Å². The maximum Gasteiger partial charge on any atom is 0.191 e. The van der Waals surface area contributed by atoms with Gasteiger partial charge in [-0.3, -0.25) is 4.99 Å². The Kier molecular flexibility index (Phi) is 6.49. The van der Waals surface area contributed by atoms with Crippen LogP contribution in [0, 0.1) is 0 Å². The smallest absolute Gasteiger partial charge is 0.191 e. The van der Waals surface area contributed by atoms with E-state index in [2.05, 4.69) is 25.6 Å². The van der Waals surface area contributed by atoms with E-state index in [0.29, 0.717) is 16.8 Å². The lowest BCUT2D eigenvalue weighted by Gasteiger charge is -2.12. The van der Waals surface area contributed by atoms with Crippen LogP contribution in [0.4, 0.5) is 0 Å². The minimum atomic E-state index is -0.654. The molecule has 3 aromatic rings. The molecule has 1 unspecified atom stereocenters. The lowest BCUT2D eigenvalue weighted by atomic mass is 10.3. The third-order valence-corrected chi connectivity index (χ3v) is 5.11. The molecule has 0 aliphatic rings. The van der Waals surface area contributed by atoms with Crippen LogP contribution in [0.15, 0.2) is 41.4 Å². The summed E-state index contributed by atoms with van der Waals surface area (Å²) in [5.74, 6) is 1.60. The number of fused-ring (bicyclic) bond motifs is 1. The van der Waals surface area contributed by atoms with Gasteiger partial charge in [0.15, 0.2) is 5.96 Å². The van der Waals surface area contributed by atoms with Gasteiger partial charge in [0.1, 0.15) is 11.9 Å². The number of thiophene rings is 1. The maximum atomic E-state index is 10.2. The van der Waals surface area contributed by atoms with Crippen molar-refractivity contribution in [2.75, 3.05) is 19.6 Å². The molecule has 3 rings (SSSR count). The molecule has 0 radical (unpaired) electrons. The Morgan fingerprint density at radius 3 is 2.88 bits per heavy atom. The summed E-state index contributed by atoms with van der Waals surface area (Å²) in [4.78, 5) is 13.1. The fourth-order valence-electron chi connectivity index (χ4n) is 2.54. The SMILES string of the molecule is CCNC(=NCC(O)c1ccc(Cl)s1)NCCc1nc2ccccc2[nH]1. The predicted molar refractivity (Wildman–Crippen MR) is 108 cm³/mol. The minimum absolute atomic E-state index is 0.275. The molecule has 0 aliphatic carbocycles. The summed E-state index contributed by atoms with van der Waals surface area (Å²) < 4.78 is 0.666. The summed E-state index contributed by atoms with van der Waals surface area (Å²) in [5, 5.41) is 16.7. The third kappa shape index (κ3) is 4.97. The first-order valence-electron chi connectivity index (χ1n) is 8.55. The second-order valence-corrected chi connectivity index (χ2v) is 7.50. The molecular formula is C18H22ClN5OS. The van der Waals surface area contributed by atoms with E-state index in [9.17, 15) is 5.11 Å². The number of hydrogen-bond acceptors (Lipinski definition) is 4. The standard InChI is InChI=1S/C18H22ClN5OS/c1-2-20-18(22-11-14(25)15-7-8-16(19)26-15)21-10-9-17-23-12-5-3-4-6-13(12)24-17/h3-8,14,25H,2,9-11H2,1H3,(H,23,24)(H2,20,21,22). The molecule has 2 heterocycles. The van der Waals surface area contributed by atoms with E-state index >= 15 is 0 Å². The Labute approximate surface area is 161 Å². The van der Waals surface area contributed by atoms with E-state index in [1.165, 1.54) is 11.3 Å². The van der Waals surface area contributed by atoms with Crippen molar-refractivity contribution in [2.24, 2.45) is 4.99 Å². The molecule has 138 valence electrons. The van der Waals surface area contributed by atoms with Gasteiger partial charge in [-0.05, 0) is 31.2 Å². The molecule has 0 amide bonds. The summed E-state index contributed by atoms with van der Waals surface area (Å²) in [6, 6.07) is 11.6. The Morgan fingerprint density at radius 1 is 1.31 bits per heavy atom. The first kappa shape index (κ1) is 18.7. The van der Waals surface area contributed by atoms with E-state index in [1.54, 1.807) is 6.07 Å². The van der Waals surface area contributed by atoms with Crippen molar-refractivity contribution >= 4 is 39.9 Å². The number of hydrogen-bond donors (Lipinski definition) is 4. The van der Waals surface area contributed by atoms with Gasteiger partial charge < -0.3 is 20.7 Å². The van der Waals surface area contributed by atoms with Gasteiger partial charge in [0.2, 0.25) is 0 Å². The zero-order valence-corrected chi connectivity index (χ0v) is 16.1. The summed E-state index contributed by atoms with van der Waals surface area (Å²) in [7, 11) is 0. The summed E-state index contributed by atoms with van der Waals surface area (Å²) in [5.41, 5.74) is 2.02. The zero-order valence-electron chi connectivity index (χ0n) is 14.5. The lowest BCUT2D eigenvalue weighted by Crippen LogP contribution is -2.38. The van der Waals surface area contributed by atoms with Gasteiger partial charge in [0.25, 0.3) is 0 Å². The number of aliphatic hydroxyl groups is 1. The van der Waals surface area contributed by atoms with Gasteiger partial charge in [-0.25, -0.2) is 4.98 Å². The summed E-state index contributed by atoms with van der Waals surface area (Å²) >= 11 is 7.28. The first-order valence-corrected chi connectivity index (χ1v) is 9.74. The average Bonchev–Trinajstić information content (AvgIpc) is 3.25. The molecule has 2 aromatic heterocycles.